The minimum Gasteiger partial charge on any atom is -0.256 e. The maximum absolute atomic E-state index is 5.45. The molecule has 0 aliphatic rings. The lowest BCUT2D eigenvalue weighted by molar-refractivity contribution is 1.17. The van der Waals surface area contributed by atoms with Crippen molar-refractivity contribution in [3.8, 4) is 67.5 Å². The summed E-state index contributed by atoms with van der Waals surface area (Å²) in [6.45, 7) is 0. The summed E-state index contributed by atoms with van der Waals surface area (Å²) in [4.78, 5) is 26.1. The van der Waals surface area contributed by atoms with E-state index in [2.05, 4.69) is 176 Å². The molecular formula is C57H35N5. The lowest BCUT2D eigenvalue weighted by Crippen LogP contribution is -1.98. The van der Waals surface area contributed by atoms with Gasteiger partial charge in [-0.15, -0.1) is 0 Å². The minimum absolute atomic E-state index is 0.617. The van der Waals surface area contributed by atoms with Gasteiger partial charge in [-0.1, -0.05) is 164 Å². The van der Waals surface area contributed by atoms with Crippen molar-refractivity contribution in [1.29, 1.82) is 0 Å². The van der Waals surface area contributed by atoms with Gasteiger partial charge in [0.25, 0.3) is 0 Å². The van der Waals surface area contributed by atoms with E-state index in [0.29, 0.717) is 5.82 Å². The number of hydrogen-bond acceptors (Lipinski definition) is 5. The Kier molecular flexibility index (Phi) is 8.42. The summed E-state index contributed by atoms with van der Waals surface area (Å²) < 4.78 is 0. The zero-order chi connectivity index (χ0) is 41.0. The number of hydrogen-bond donors (Lipinski definition) is 0. The number of nitrogens with zero attached hydrogens (tertiary/aromatic N) is 5. The van der Waals surface area contributed by atoms with E-state index in [9.17, 15) is 0 Å². The normalized spacial score (nSPS) is 11.5. The summed E-state index contributed by atoms with van der Waals surface area (Å²) in [5.74, 6) is 0.617. The first-order valence-corrected chi connectivity index (χ1v) is 20.8. The van der Waals surface area contributed by atoms with Crippen LogP contribution in [0.2, 0.25) is 0 Å². The number of benzene rings is 8. The standard InChI is InChI=1S/C57H35N5/c1-2-13-38(14-3-1)52-35-53(62-57(61-52)46-19-8-18-43(33-46)47-21-9-17-39-20-10-30-58-54(39)47)50-29-27-40-26-28-48-49(44-24-22-36-11-4-6-15-41(36)31-44)34-51(60-56(48)55(40)59-50)45-25-23-37-12-5-7-16-42(37)32-45/h1-35H. The van der Waals surface area contributed by atoms with E-state index in [4.69, 9.17) is 24.9 Å². The van der Waals surface area contributed by atoms with Crippen LogP contribution in [0.3, 0.4) is 0 Å². The molecule has 288 valence electrons. The first-order valence-electron chi connectivity index (χ1n) is 20.8. The van der Waals surface area contributed by atoms with Crippen molar-refractivity contribution in [3.63, 3.8) is 0 Å². The second-order valence-electron chi connectivity index (χ2n) is 15.7. The Morgan fingerprint density at radius 1 is 0.258 bits per heavy atom. The zero-order valence-corrected chi connectivity index (χ0v) is 33.4. The van der Waals surface area contributed by atoms with Crippen molar-refractivity contribution in [2.24, 2.45) is 0 Å². The van der Waals surface area contributed by atoms with Gasteiger partial charge in [0.2, 0.25) is 0 Å². The van der Waals surface area contributed by atoms with Crippen molar-refractivity contribution in [2.75, 3.05) is 0 Å². The van der Waals surface area contributed by atoms with Crippen molar-refractivity contribution in [1.82, 2.24) is 24.9 Å². The highest BCUT2D eigenvalue weighted by atomic mass is 14.9. The fraction of sp³-hybridized carbons (Fsp3) is 0. The summed E-state index contributed by atoms with van der Waals surface area (Å²) in [7, 11) is 0. The van der Waals surface area contributed by atoms with Gasteiger partial charge < -0.3 is 0 Å². The predicted octanol–water partition coefficient (Wildman–Crippen LogP) is 14.4. The maximum Gasteiger partial charge on any atom is 0.160 e. The van der Waals surface area contributed by atoms with Crippen molar-refractivity contribution in [3.05, 3.63) is 212 Å². The van der Waals surface area contributed by atoms with Crippen LogP contribution >= 0.6 is 0 Å². The van der Waals surface area contributed by atoms with Gasteiger partial charge in [-0.25, -0.2) is 19.9 Å². The largest absolute Gasteiger partial charge is 0.256 e. The fourth-order valence-corrected chi connectivity index (χ4v) is 8.73. The van der Waals surface area contributed by atoms with Crippen LogP contribution in [0.4, 0.5) is 0 Å². The Morgan fingerprint density at radius 3 is 1.68 bits per heavy atom. The van der Waals surface area contributed by atoms with Crippen LogP contribution < -0.4 is 0 Å². The van der Waals surface area contributed by atoms with E-state index in [1.54, 1.807) is 0 Å². The van der Waals surface area contributed by atoms with Crippen LogP contribution in [-0.4, -0.2) is 24.9 Å². The second-order valence-corrected chi connectivity index (χ2v) is 15.7. The zero-order valence-electron chi connectivity index (χ0n) is 33.4. The number of fused-ring (bicyclic) bond motifs is 6. The molecule has 62 heavy (non-hydrogen) atoms. The molecule has 12 aromatic rings. The molecule has 0 N–H and O–H groups in total. The monoisotopic (exact) mass is 789 g/mol. The summed E-state index contributed by atoms with van der Waals surface area (Å²) in [6, 6.07) is 72.1. The summed E-state index contributed by atoms with van der Waals surface area (Å²) >= 11 is 0. The molecule has 0 saturated heterocycles. The molecule has 5 nitrogen and oxygen atoms in total. The molecule has 0 spiro atoms. The van der Waals surface area contributed by atoms with Crippen molar-refractivity contribution in [2.45, 2.75) is 0 Å². The Morgan fingerprint density at radius 2 is 0.839 bits per heavy atom. The van der Waals surface area contributed by atoms with Gasteiger partial charge in [-0.05, 0) is 80.7 Å². The lowest BCUT2D eigenvalue weighted by Gasteiger charge is -2.14. The molecule has 5 heteroatoms. The quantitative estimate of drug-likeness (QED) is 0.157. The Labute approximate surface area is 357 Å². The van der Waals surface area contributed by atoms with Gasteiger partial charge in [0, 0.05) is 44.6 Å². The molecular weight excluding hydrogens is 755 g/mol. The average Bonchev–Trinajstić information content (AvgIpc) is 3.35. The number of rotatable bonds is 6. The minimum atomic E-state index is 0.617. The number of para-hydroxylation sites is 1. The van der Waals surface area contributed by atoms with Gasteiger partial charge in [-0.3, -0.25) is 4.98 Å². The highest BCUT2D eigenvalue weighted by molar-refractivity contribution is 6.10. The van der Waals surface area contributed by atoms with E-state index in [0.717, 1.165) is 94.4 Å². The Balaban J connectivity index is 1.06. The van der Waals surface area contributed by atoms with Crippen LogP contribution in [0.1, 0.15) is 0 Å². The molecule has 0 unspecified atom stereocenters. The van der Waals surface area contributed by atoms with E-state index in [1.807, 2.05) is 36.5 Å². The van der Waals surface area contributed by atoms with Crippen LogP contribution in [0, 0.1) is 0 Å². The van der Waals surface area contributed by atoms with E-state index in [-0.39, 0.29) is 0 Å². The summed E-state index contributed by atoms with van der Waals surface area (Å²) in [6.07, 6.45) is 1.85. The van der Waals surface area contributed by atoms with E-state index < -0.39 is 0 Å². The van der Waals surface area contributed by atoms with Crippen molar-refractivity contribution < 1.29 is 0 Å². The summed E-state index contributed by atoms with van der Waals surface area (Å²) in [5, 5.41) is 7.90. The lowest BCUT2D eigenvalue weighted by atomic mass is 9.95. The molecule has 4 aromatic heterocycles. The molecule has 0 fully saturated rings. The fourth-order valence-electron chi connectivity index (χ4n) is 8.73. The van der Waals surface area contributed by atoms with Crippen LogP contribution in [0.15, 0.2) is 212 Å². The van der Waals surface area contributed by atoms with Crippen LogP contribution in [0.25, 0.3) is 122 Å². The molecule has 0 aliphatic carbocycles. The SMILES string of the molecule is c1ccc(-c2cc(-c3ccc4ccc5c(-c6ccc7ccccc7c6)cc(-c6ccc7ccccc7c6)nc5c4n3)nc(-c3cccc(-c4cccc5cccnc45)c3)n2)cc1. The molecule has 0 bridgehead atoms. The molecule has 8 aromatic carbocycles. The van der Waals surface area contributed by atoms with Gasteiger partial charge in [0.15, 0.2) is 5.82 Å². The predicted molar refractivity (Wildman–Crippen MR) is 256 cm³/mol. The topological polar surface area (TPSA) is 64.5 Å². The van der Waals surface area contributed by atoms with Crippen LogP contribution in [-0.2, 0) is 0 Å². The molecule has 0 radical (unpaired) electrons. The maximum atomic E-state index is 5.45. The van der Waals surface area contributed by atoms with Crippen molar-refractivity contribution >= 4 is 54.3 Å². The third-order valence-corrected chi connectivity index (χ3v) is 11.9. The molecule has 0 atom stereocenters. The smallest absolute Gasteiger partial charge is 0.160 e. The first kappa shape index (κ1) is 35.5. The molecule has 12 rings (SSSR count). The molecule has 0 amide bonds. The number of aromatic nitrogens is 5. The highest BCUT2D eigenvalue weighted by Crippen LogP contribution is 2.38. The molecule has 0 saturated carbocycles. The van der Waals surface area contributed by atoms with Gasteiger partial charge in [0.1, 0.15) is 0 Å². The second kappa shape index (κ2) is 14.7. The van der Waals surface area contributed by atoms with Gasteiger partial charge >= 0.3 is 0 Å². The van der Waals surface area contributed by atoms with Gasteiger partial charge in [0.05, 0.1) is 39.3 Å². The third kappa shape index (κ3) is 6.32. The van der Waals surface area contributed by atoms with E-state index >= 15 is 0 Å². The average molecular weight is 790 g/mol. The summed E-state index contributed by atoms with van der Waals surface area (Å²) in [5.41, 5.74) is 13.1. The third-order valence-electron chi connectivity index (χ3n) is 11.9. The Bertz CT molecular complexity index is 3700. The van der Waals surface area contributed by atoms with Crippen LogP contribution in [0.5, 0.6) is 0 Å². The number of pyridine rings is 3. The van der Waals surface area contributed by atoms with E-state index in [1.165, 1.54) is 21.5 Å². The Hall–Kier alpha value is -8.41. The molecule has 4 heterocycles. The first-order chi connectivity index (χ1) is 30.7. The van der Waals surface area contributed by atoms with Gasteiger partial charge in [-0.2, -0.15) is 0 Å². The molecule has 0 aliphatic heterocycles. The highest BCUT2D eigenvalue weighted by Gasteiger charge is 2.17.